The highest BCUT2D eigenvalue weighted by Gasteiger charge is 2.52. The highest BCUT2D eigenvalue weighted by atomic mass is 16.7. The zero-order valence-electron chi connectivity index (χ0n) is 29.8. The molecule has 5 rings (SSSR count). The van der Waals surface area contributed by atoms with E-state index in [2.05, 4.69) is 52.8 Å². The molecule has 11 nitrogen and oxygen atoms in total. The lowest BCUT2D eigenvalue weighted by molar-refractivity contribution is -0.123. The molecule has 262 valence electrons. The van der Waals surface area contributed by atoms with E-state index in [-0.39, 0.29) is 31.8 Å². The molecule has 0 radical (unpaired) electrons. The van der Waals surface area contributed by atoms with Crippen molar-refractivity contribution in [3.8, 4) is 5.75 Å². The topological polar surface area (TPSA) is 116 Å². The van der Waals surface area contributed by atoms with E-state index in [0.717, 1.165) is 58.9 Å². The summed E-state index contributed by atoms with van der Waals surface area (Å²) in [6.45, 7) is 11.5. The summed E-state index contributed by atoms with van der Waals surface area (Å²) in [5, 5.41) is 15.4. The molecule has 2 fully saturated rings. The van der Waals surface area contributed by atoms with Crippen LogP contribution in [0.2, 0.25) is 0 Å². The quantitative estimate of drug-likeness (QED) is 0.170. The average Bonchev–Trinajstić information content (AvgIpc) is 3.59. The second-order valence-electron chi connectivity index (χ2n) is 13.8. The third-order valence-corrected chi connectivity index (χ3v) is 9.62. The minimum Gasteiger partial charge on any atom is -0.492 e. The lowest BCUT2D eigenvalue weighted by Gasteiger charge is -2.32. The van der Waals surface area contributed by atoms with Crippen LogP contribution in [0.1, 0.15) is 77.7 Å². The summed E-state index contributed by atoms with van der Waals surface area (Å²) in [7, 11) is 2.75. The summed E-state index contributed by atoms with van der Waals surface area (Å²) in [5.74, 6) is 0.411. The summed E-state index contributed by atoms with van der Waals surface area (Å²) in [6.07, 6.45) is 7.53. The summed E-state index contributed by atoms with van der Waals surface area (Å²) in [6, 6.07) is 14.2. The molecule has 3 aromatic rings. The summed E-state index contributed by atoms with van der Waals surface area (Å²) in [4.78, 5) is 26.2. The van der Waals surface area contributed by atoms with E-state index >= 15 is 0 Å². The number of allylic oxidation sites excluding steroid dienone is 1. The molecule has 0 saturated carbocycles. The third-order valence-electron chi connectivity index (χ3n) is 9.62. The lowest BCUT2D eigenvalue weighted by atomic mass is 9.70. The van der Waals surface area contributed by atoms with Gasteiger partial charge >= 0.3 is 13.2 Å². The predicted molar refractivity (Wildman–Crippen MR) is 190 cm³/mol. The molecule has 2 saturated heterocycles. The second kappa shape index (κ2) is 15.2. The van der Waals surface area contributed by atoms with Crippen LogP contribution in [0.4, 0.5) is 4.79 Å². The molecular weight excluding hydrogens is 623 g/mol. The molecule has 12 heteroatoms. The van der Waals surface area contributed by atoms with Gasteiger partial charge in [0.15, 0.2) is 6.23 Å². The molecule has 1 aromatic heterocycles. The molecule has 2 aliphatic heterocycles. The fraction of sp³-hybridized carbons (Fsp3) is 0.486. The molecule has 1 N–H and O–H groups in total. The molecule has 2 aliphatic rings. The molecule has 1 atom stereocenters. The van der Waals surface area contributed by atoms with Crippen LogP contribution in [0, 0.1) is 0 Å². The summed E-state index contributed by atoms with van der Waals surface area (Å²) < 4.78 is 27.1. The maximum atomic E-state index is 11.8. The van der Waals surface area contributed by atoms with Gasteiger partial charge in [-0.3, -0.25) is 4.79 Å². The van der Waals surface area contributed by atoms with E-state index in [4.69, 9.17) is 23.9 Å². The summed E-state index contributed by atoms with van der Waals surface area (Å²) >= 11 is 0. The number of hydrogen-bond acceptors (Lipinski definition) is 7. The highest BCUT2D eigenvalue weighted by molar-refractivity contribution is 6.56. The van der Waals surface area contributed by atoms with Gasteiger partial charge < -0.3 is 33.7 Å². The smallest absolute Gasteiger partial charge is 0.491 e. The van der Waals surface area contributed by atoms with E-state index < -0.39 is 24.4 Å². The van der Waals surface area contributed by atoms with Crippen LogP contribution >= 0.6 is 0 Å². The Morgan fingerprint density at radius 1 is 1.06 bits per heavy atom. The van der Waals surface area contributed by atoms with Crippen molar-refractivity contribution in [2.45, 2.75) is 77.7 Å². The zero-order valence-corrected chi connectivity index (χ0v) is 29.8. The van der Waals surface area contributed by atoms with Crippen LogP contribution in [0.3, 0.4) is 0 Å². The lowest BCUT2D eigenvalue weighted by Crippen LogP contribution is -2.41. The third kappa shape index (κ3) is 8.20. The number of ether oxygens (including phenoxy) is 2. The number of likely N-dealkylation sites (N-methyl/N-ethyl adjacent to an activating group) is 1. The van der Waals surface area contributed by atoms with Crippen molar-refractivity contribution < 1.29 is 33.5 Å². The Kier molecular flexibility index (Phi) is 11.2. The normalized spacial score (nSPS) is 19.2. The average molecular weight is 673 g/mol. The highest BCUT2D eigenvalue weighted by Crippen LogP contribution is 2.42. The van der Waals surface area contributed by atoms with Crippen molar-refractivity contribution in [3.05, 3.63) is 77.4 Å². The second-order valence-corrected chi connectivity index (χ2v) is 13.8. The van der Waals surface area contributed by atoms with Gasteiger partial charge in [-0.1, -0.05) is 31.2 Å². The molecule has 1 unspecified atom stereocenters. The minimum atomic E-state index is -1.08. The van der Waals surface area contributed by atoms with Crippen molar-refractivity contribution in [1.82, 2.24) is 19.6 Å². The Bertz CT molecular complexity index is 1670. The van der Waals surface area contributed by atoms with Crippen molar-refractivity contribution in [1.29, 1.82) is 0 Å². The van der Waals surface area contributed by atoms with E-state index in [1.807, 2.05) is 35.1 Å². The molecular formula is C37H49BN4O7. The first kappa shape index (κ1) is 36.2. The monoisotopic (exact) mass is 672 g/mol. The molecule has 0 spiro atoms. The predicted octanol–water partition coefficient (Wildman–Crippen LogP) is 6.58. The number of hydrogen-bond donors (Lipinski definition) is 1. The van der Waals surface area contributed by atoms with Crippen molar-refractivity contribution in [3.63, 3.8) is 0 Å². The van der Waals surface area contributed by atoms with Crippen LogP contribution in [0.5, 0.6) is 5.75 Å². The van der Waals surface area contributed by atoms with Crippen LogP contribution in [-0.4, -0.2) is 95.4 Å². The largest absolute Gasteiger partial charge is 0.492 e. The Hall–Kier alpha value is -4.13. The minimum absolute atomic E-state index is 0.0538. The number of carbonyl (C=O) groups is 2. The number of carbonyl (C=O) groups excluding carboxylic acids is 1. The van der Waals surface area contributed by atoms with Crippen LogP contribution < -0.4 is 4.74 Å². The van der Waals surface area contributed by atoms with Gasteiger partial charge in [-0.2, -0.15) is 5.10 Å². The molecule has 2 aromatic carbocycles. The number of benzene rings is 2. The maximum Gasteiger partial charge on any atom is 0.491 e. The number of rotatable bonds is 12. The number of aromatic nitrogens is 2. The Balaban J connectivity index is 1.41. The van der Waals surface area contributed by atoms with Crippen LogP contribution in [0.25, 0.3) is 16.5 Å². The molecule has 49 heavy (non-hydrogen) atoms. The van der Waals surface area contributed by atoms with E-state index in [1.54, 1.807) is 14.1 Å². The Labute approximate surface area is 289 Å². The first-order valence-corrected chi connectivity index (χ1v) is 17.1. The van der Waals surface area contributed by atoms with Gasteiger partial charge in [-0.05, 0) is 99.8 Å². The molecule has 0 aliphatic carbocycles. The fourth-order valence-corrected chi connectivity index (χ4v) is 6.03. The van der Waals surface area contributed by atoms with Crippen molar-refractivity contribution in [2.75, 3.05) is 40.4 Å². The SMILES string of the molecule is CC/C(B1OC(C)(C)C(C)(C)O1)=C(/c1ccc(OCCN(C/C=C/C(=O)N(C)C)C(=O)O)cc1)c1ccc2c(cnn2C2CCCCO2)c1. The van der Waals surface area contributed by atoms with E-state index in [9.17, 15) is 14.7 Å². The van der Waals surface area contributed by atoms with Crippen LogP contribution in [-0.2, 0) is 18.8 Å². The maximum absolute atomic E-state index is 11.8. The first-order chi connectivity index (χ1) is 23.3. The van der Waals surface area contributed by atoms with Gasteiger partial charge in [0.1, 0.15) is 12.4 Å². The van der Waals surface area contributed by atoms with Gasteiger partial charge in [0, 0.05) is 38.7 Å². The van der Waals surface area contributed by atoms with E-state index in [1.165, 1.54) is 22.0 Å². The van der Waals surface area contributed by atoms with Gasteiger partial charge in [0.25, 0.3) is 0 Å². The van der Waals surface area contributed by atoms with Crippen molar-refractivity contribution in [2.24, 2.45) is 0 Å². The zero-order chi connectivity index (χ0) is 35.3. The number of amides is 2. The van der Waals surface area contributed by atoms with Gasteiger partial charge in [-0.15, -0.1) is 0 Å². The van der Waals surface area contributed by atoms with E-state index in [0.29, 0.717) is 12.2 Å². The number of nitrogens with zero attached hydrogens (tertiary/aromatic N) is 4. The Morgan fingerprint density at radius 2 is 1.76 bits per heavy atom. The number of fused-ring (bicyclic) bond motifs is 1. The number of carboxylic acid groups (broad SMARTS) is 1. The van der Waals surface area contributed by atoms with Crippen LogP contribution in [0.15, 0.2) is 66.3 Å². The Morgan fingerprint density at radius 3 is 2.37 bits per heavy atom. The summed E-state index contributed by atoms with van der Waals surface area (Å²) in [5.41, 5.74) is 4.10. The molecule has 3 heterocycles. The van der Waals surface area contributed by atoms with Gasteiger partial charge in [-0.25, -0.2) is 9.48 Å². The van der Waals surface area contributed by atoms with Gasteiger partial charge in [0.2, 0.25) is 5.91 Å². The van der Waals surface area contributed by atoms with Crippen molar-refractivity contribution >= 4 is 35.6 Å². The molecule has 0 bridgehead atoms. The molecule has 2 amide bonds. The van der Waals surface area contributed by atoms with Gasteiger partial charge in [0.05, 0.1) is 29.5 Å². The fourth-order valence-electron chi connectivity index (χ4n) is 6.03. The standard InChI is InChI=1S/C37H49BN4O7/c1-8-30(38-48-36(2,3)37(4,5)49-38)34(27-16-19-31-28(24-27)25-39-42(31)33-13-9-10-22-47-33)26-14-17-29(18-15-26)46-23-21-41(35(44)45)20-11-12-32(43)40(6)7/h11-12,14-19,24-25,33H,8-10,13,20-23H2,1-7H3,(H,44,45)/b12-11+,34-30+. The first-order valence-electron chi connectivity index (χ1n) is 17.1.